The quantitative estimate of drug-likeness (QED) is 0.891. The number of hydrogen-bond donors (Lipinski definition) is 1. The van der Waals surface area contributed by atoms with E-state index in [0.717, 1.165) is 11.9 Å². The molecule has 1 unspecified atom stereocenters. The van der Waals surface area contributed by atoms with Gasteiger partial charge in [0.05, 0.1) is 13.2 Å². The van der Waals surface area contributed by atoms with Crippen molar-refractivity contribution in [3.8, 4) is 5.88 Å². The third-order valence-corrected chi connectivity index (χ3v) is 3.67. The molecule has 1 aliphatic rings. The summed E-state index contributed by atoms with van der Waals surface area (Å²) < 4.78 is 49.4. The fourth-order valence-corrected chi connectivity index (χ4v) is 2.38. The molecule has 1 aliphatic heterocycles. The molecule has 0 spiro atoms. The van der Waals surface area contributed by atoms with Gasteiger partial charge in [-0.15, -0.1) is 0 Å². The zero-order valence-electron chi connectivity index (χ0n) is 11.9. The number of rotatable bonds is 3. The van der Waals surface area contributed by atoms with E-state index in [2.05, 4.69) is 5.16 Å². The standard InChI is InChI=1S/C12H14F3N3O4/c1-16-10(20)11(12(13,14)15)3-4-18(6-11)9(19)7-5-8(21-2)17-22-7/h5H,3-4,6H2,1-2H3,(H,16,20). The first-order valence-electron chi connectivity index (χ1n) is 6.34. The molecule has 0 radical (unpaired) electrons. The summed E-state index contributed by atoms with van der Waals surface area (Å²) in [4.78, 5) is 24.8. The highest BCUT2D eigenvalue weighted by molar-refractivity contribution is 5.93. The Morgan fingerprint density at radius 1 is 1.50 bits per heavy atom. The van der Waals surface area contributed by atoms with Crippen LogP contribution in [0.4, 0.5) is 13.2 Å². The van der Waals surface area contributed by atoms with Crippen molar-refractivity contribution in [1.82, 2.24) is 15.4 Å². The maximum Gasteiger partial charge on any atom is 0.404 e. The number of carbonyl (C=O) groups excluding carboxylic acids is 2. The van der Waals surface area contributed by atoms with Crippen molar-refractivity contribution in [3.63, 3.8) is 0 Å². The van der Waals surface area contributed by atoms with Crippen LogP contribution in [0.3, 0.4) is 0 Å². The molecule has 1 saturated heterocycles. The number of methoxy groups -OCH3 is 1. The minimum Gasteiger partial charge on any atom is -0.479 e. The molecule has 1 aromatic rings. The molecule has 1 N–H and O–H groups in total. The smallest absolute Gasteiger partial charge is 0.404 e. The summed E-state index contributed by atoms with van der Waals surface area (Å²) >= 11 is 0. The van der Waals surface area contributed by atoms with E-state index in [-0.39, 0.29) is 18.2 Å². The number of nitrogens with one attached hydrogen (secondary N) is 1. The van der Waals surface area contributed by atoms with E-state index in [1.807, 2.05) is 5.32 Å². The minimum absolute atomic E-state index is 0.0379. The van der Waals surface area contributed by atoms with Crippen LogP contribution in [-0.2, 0) is 4.79 Å². The van der Waals surface area contributed by atoms with E-state index >= 15 is 0 Å². The van der Waals surface area contributed by atoms with Crippen molar-refractivity contribution < 1.29 is 32.0 Å². The number of likely N-dealkylation sites (tertiary alicyclic amines) is 1. The normalized spacial score (nSPS) is 21.8. The van der Waals surface area contributed by atoms with Crippen LogP contribution < -0.4 is 10.1 Å². The fraction of sp³-hybridized carbons (Fsp3) is 0.583. The summed E-state index contributed by atoms with van der Waals surface area (Å²) in [6, 6.07) is 1.18. The van der Waals surface area contributed by atoms with Gasteiger partial charge in [0, 0.05) is 20.1 Å². The van der Waals surface area contributed by atoms with Crippen LogP contribution in [0.1, 0.15) is 17.0 Å². The minimum atomic E-state index is -4.76. The Hall–Kier alpha value is -2.26. The molecule has 0 saturated carbocycles. The Morgan fingerprint density at radius 2 is 2.18 bits per heavy atom. The first kappa shape index (κ1) is 16.1. The van der Waals surface area contributed by atoms with Gasteiger partial charge in [0.2, 0.25) is 11.7 Å². The van der Waals surface area contributed by atoms with Gasteiger partial charge in [-0.3, -0.25) is 9.59 Å². The molecule has 2 heterocycles. The highest BCUT2D eigenvalue weighted by Gasteiger charge is 2.63. The Bertz CT molecular complexity index is 586. The van der Waals surface area contributed by atoms with E-state index in [1.165, 1.54) is 13.2 Å². The second-order valence-corrected chi connectivity index (χ2v) is 4.87. The lowest BCUT2D eigenvalue weighted by Crippen LogP contribution is -2.52. The second kappa shape index (κ2) is 5.50. The van der Waals surface area contributed by atoms with Gasteiger partial charge in [-0.1, -0.05) is 0 Å². The van der Waals surface area contributed by atoms with E-state index in [9.17, 15) is 22.8 Å². The average molecular weight is 321 g/mol. The van der Waals surface area contributed by atoms with Gasteiger partial charge in [0.1, 0.15) is 0 Å². The molecule has 7 nitrogen and oxygen atoms in total. The van der Waals surface area contributed by atoms with Crippen LogP contribution in [0.15, 0.2) is 10.6 Å². The largest absolute Gasteiger partial charge is 0.479 e. The van der Waals surface area contributed by atoms with E-state index in [0.29, 0.717) is 0 Å². The number of hydrogen-bond acceptors (Lipinski definition) is 5. The highest BCUT2D eigenvalue weighted by atomic mass is 19.4. The molecule has 2 rings (SSSR count). The van der Waals surface area contributed by atoms with E-state index in [4.69, 9.17) is 9.26 Å². The van der Waals surface area contributed by atoms with Gasteiger partial charge in [0.25, 0.3) is 11.8 Å². The Morgan fingerprint density at radius 3 is 2.68 bits per heavy atom. The lowest BCUT2D eigenvalue weighted by Gasteiger charge is -2.29. The van der Waals surface area contributed by atoms with Crippen molar-refractivity contribution in [3.05, 3.63) is 11.8 Å². The lowest BCUT2D eigenvalue weighted by molar-refractivity contribution is -0.217. The molecule has 122 valence electrons. The van der Waals surface area contributed by atoms with Crippen LogP contribution in [0.5, 0.6) is 5.88 Å². The van der Waals surface area contributed by atoms with Crippen LogP contribution >= 0.6 is 0 Å². The monoisotopic (exact) mass is 321 g/mol. The molecule has 1 atom stereocenters. The summed E-state index contributed by atoms with van der Waals surface area (Å²) in [5.74, 6) is -2.14. The summed E-state index contributed by atoms with van der Waals surface area (Å²) in [6.45, 7) is -0.979. The highest BCUT2D eigenvalue weighted by Crippen LogP contribution is 2.46. The van der Waals surface area contributed by atoms with Crippen LogP contribution in [-0.4, -0.2) is 55.3 Å². The van der Waals surface area contributed by atoms with Crippen molar-refractivity contribution >= 4 is 11.8 Å². The summed E-state index contributed by atoms with van der Waals surface area (Å²) in [6.07, 6.45) is -5.27. The number of amides is 2. The Balaban J connectivity index is 2.23. The number of alkyl halides is 3. The van der Waals surface area contributed by atoms with Crippen molar-refractivity contribution in [2.45, 2.75) is 12.6 Å². The molecule has 1 aromatic heterocycles. The van der Waals surface area contributed by atoms with Gasteiger partial charge >= 0.3 is 6.18 Å². The first-order valence-corrected chi connectivity index (χ1v) is 6.34. The van der Waals surface area contributed by atoms with E-state index in [1.54, 1.807) is 0 Å². The van der Waals surface area contributed by atoms with Crippen molar-refractivity contribution in [1.29, 1.82) is 0 Å². The predicted octanol–water partition coefficient (Wildman–Crippen LogP) is 0.824. The topological polar surface area (TPSA) is 84.7 Å². The third-order valence-electron chi connectivity index (χ3n) is 3.67. The molecular weight excluding hydrogens is 307 g/mol. The Labute approximate surface area is 123 Å². The Kier molecular flexibility index (Phi) is 4.03. The van der Waals surface area contributed by atoms with E-state index < -0.39 is 36.4 Å². The molecular formula is C12H14F3N3O4. The third kappa shape index (κ3) is 2.48. The maximum atomic E-state index is 13.3. The summed E-state index contributed by atoms with van der Waals surface area (Å²) in [5, 5.41) is 5.43. The van der Waals surface area contributed by atoms with Gasteiger partial charge in [-0.25, -0.2) is 0 Å². The number of ether oxygens (including phenoxy) is 1. The lowest BCUT2D eigenvalue weighted by atomic mass is 9.85. The average Bonchev–Trinajstić information content (AvgIpc) is 3.12. The molecule has 0 bridgehead atoms. The number of nitrogens with zero attached hydrogens (tertiary/aromatic N) is 2. The van der Waals surface area contributed by atoms with Gasteiger partial charge in [0.15, 0.2) is 5.41 Å². The number of aromatic nitrogens is 1. The van der Waals surface area contributed by atoms with Crippen LogP contribution in [0.2, 0.25) is 0 Å². The fourth-order valence-electron chi connectivity index (χ4n) is 2.38. The van der Waals surface area contributed by atoms with Crippen LogP contribution in [0, 0.1) is 5.41 Å². The molecule has 2 amide bonds. The number of halogens is 3. The van der Waals surface area contributed by atoms with Crippen LogP contribution in [0.25, 0.3) is 0 Å². The van der Waals surface area contributed by atoms with Gasteiger partial charge in [-0.2, -0.15) is 13.2 Å². The summed E-state index contributed by atoms with van der Waals surface area (Å²) in [7, 11) is 2.43. The molecule has 0 aliphatic carbocycles. The second-order valence-electron chi connectivity index (χ2n) is 4.87. The SMILES string of the molecule is CNC(=O)C1(C(F)(F)F)CCN(C(=O)c2cc(OC)no2)C1. The zero-order chi connectivity index (χ0) is 16.5. The zero-order valence-corrected chi connectivity index (χ0v) is 11.9. The van der Waals surface area contributed by atoms with Crippen molar-refractivity contribution in [2.24, 2.45) is 5.41 Å². The number of carbonyl (C=O) groups is 2. The molecule has 22 heavy (non-hydrogen) atoms. The van der Waals surface area contributed by atoms with Gasteiger partial charge < -0.3 is 19.5 Å². The summed E-state index contributed by atoms with van der Waals surface area (Å²) in [5.41, 5.74) is -2.61. The molecule has 0 aromatic carbocycles. The van der Waals surface area contributed by atoms with Crippen molar-refractivity contribution in [2.75, 3.05) is 27.2 Å². The molecule has 10 heteroatoms. The predicted molar refractivity (Wildman–Crippen MR) is 66.1 cm³/mol. The maximum absolute atomic E-state index is 13.3. The first-order chi connectivity index (χ1) is 10.2. The molecule has 1 fully saturated rings. The van der Waals surface area contributed by atoms with Gasteiger partial charge in [-0.05, 0) is 11.6 Å².